The van der Waals surface area contributed by atoms with E-state index >= 15 is 0 Å². The van der Waals surface area contributed by atoms with Crippen LogP contribution >= 0.6 is 0 Å². The van der Waals surface area contributed by atoms with Crippen LogP contribution in [0.5, 0.6) is 11.5 Å². The van der Waals surface area contributed by atoms with Crippen molar-refractivity contribution in [2.45, 2.75) is 19.3 Å². The molecule has 0 radical (unpaired) electrons. The predicted octanol–water partition coefficient (Wildman–Crippen LogP) is 2.19. The van der Waals surface area contributed by atoms with Crippen LogP contribution in [0.15, 0.2) is 18.5 Å². The van der Waals surface area contributed by atoms with Crippen molar-refractivity contribution in [3.63, 3.8) is 0 Å². The molecule has 2 aromatic rings. The molecule has 0 fully saturated rings. The summed E-state index contributed by atoms with van der Waals surface area (Å²) in [5.74, 6) is 2.15. The van der Waals surface area contributed by atoms with Gasteiger partial charge in [-0.1, -0.05) is 6.42 Å². The van der Waals surface area contributed by atoms with Crippen molar-refractivity contribution in [2.24, 2.45) is 5.73 Å². The molecule has 114 valence electrons. The van der Waals surface area contributed by atoms with E-state index in [0.717, 1.165) is 49.1 Å². The average Bonchev–Trinajstić information content (AvgIpc) is 2.53. The molecule has 0 bridgehead atoms. The Kier molecular flexibility index (Phi) is 5.57. The Labute approximate surface area is 124 Å². The van der Waals surface area contributed by atoms with Crippen molar-refractivity contribution in [1.29, 1.82) is 0 Å². The third-order valence-electron chi connectivity index (χ3n) is 3.31. The smallest absolute Gasteiger partial charge is 0.162 e. The van der Waals surface area contributed by atoms with Crippen LogP contribution in [0.4, 0.5) is 5.82 Å². The van der Waals surface area contributed by atoms with E-state index in [1.165, 1.54) is 0 Å². The summed E-state index contributed by atoms with van der Waals surface area (Å²) in [6, 6.07) is 3.76. The van der Waals surface area contributed by atoms with E-state index in [2.05, 4.69) is 15.3 Å². The molecule has 0 atom stereocenters. The first-order valence-electron chi connectivity index (χ1n) is 7.10. The lowest BCUT2D eigenvalue weighted by atomic mass is 10.2. The monoisotopic (exact) mass is 290 g/mol. The molecule has 21 heavy (non-hydrogen) atoms. The molecule has 0 aliphatic heterocycles. The van der Waals surface area contributed by atoms with Gasteiger partial charge in [0.15, 0.2) is 11.5 Å². The Hall–Kier alpha value is -2.08. The van der Waals surface area contributed by atoms with Crippen molar-refractivity contribution in [3.05, 3.63) is 18.5 Å². The van der Waals surface area contributed by atoms with Crippen molar-refractivity contribution in [1.82, 2.24) is 9.97 Å². The van der Waals surface area contributed by atoms with Crippen LogP contribution in [0, 0.1) is 0 Å². The Balaban J connectivity index is 2.19. The van der Waals surface area contributed by atoms with E-state index < -0.39 is 0 Å². The zero-order valence-corrected chi connectivity index (χ0v) is 12.6. The van der Waals surface area contributed by atoms with E-state index in [4.69, 9.17) is 15.2 Å². The number of benzene rings is 1. The Morgan fingerprint density at radius 1 is 1.05 bits per heavy atom. The van der Waals surface area contributed by atoms with Gasteiger partial charge in [-0.05, 0) is 25.5 Å². The molecule has 0 amide bonds. The predicted molar refractivity (Wildman–Crippen MR) is 84.0 cm³/mol. The standard InChI is InChI=1S/C15H22N4O2/c1-20-13-8-11-12(9-14(13)21-2)18-10-19-15(11)17-7-5-3-4-6-16/h8-10H,3-7,16H2,1-2H3,(H,17,18,19). The summed E-state index contributed by atoms with van der Waals surface area (Å²) in [6.07, 6.45) is 4.79. The van der Waals surface area contributed by atoms with Crippen LogP contribution in [-0.4, -0.2) is 37.3 Å². The summed E-state index contributed by atoms with van der Waals surface area (Å²) in [4.78, 5) is 8.59. The van der Waals surface area contributed by atoms with E-state index in [1.807, 2.05) is 12.1 Å². The number of ether oxygens (including phenoxy) is 2. The molecule has 6 heteroatoms. The lowest BCUT2D eigenvalue weighted by molar-refractivity contribution is 0.356. The molecule has 0 unspecified atom stereocenters. The van der Waals surface area contributed by atoms with Crippen LogP contribution in [-0.2, 0) is 0 Å². The van der Waals surface area contributed by atoms with Gasteiger partial charge in [-0.15, -0.1) is 0 Å². The number of fused-ring (bicyclic) bond motifs is 1. The highest BCUT2D eigenvalue weighted by Gasteiger charge is 2.10. The van der Waals surface area contributed by atoms with E-state index in [9.17, 15) is 0 Å². The highest BCUT2D eigenvalue weighted by Crippen LogP contribution is 2.33. The first-order chi connectivity index (χ1) is 10.3. The van der Waals surface area contributed by atoms with Crippen LogP contribution in [0.2, 0.25) is 0 Å². The number of aromatic nitrogens is 2. The van der Waals surface area contributed by atoms with Gasteiger partial charge < -0.3 is 20.5 Å². The number of methoxy groups -OCH3 is 2. The topological polar surface area (TPSA) is 82.3 Å². The van der Waals surface area contributed by atoms with Crippen molar-refractivity contribution < 1.29 is 9.47 Å². The maximum absolute atomic E-state index is 5.49. The molecule has 3 N–H and O–H groups in total. The number of unbranched alkanes of at least 4 members (excludes halogenated alkanes) is 2. The summed E-state index contributed by atoms with van der Waals surface area (Å²) >= 11 is 0. The summed E-state index contributed by atoms with van der Waals surface area (Å²) in [7, 11) is 3.23. The Morgan fingerprint density at radius 3 is 2.52 bits per heavy atom. The largest absolute Gasteiger partial charge is 0.493 e. The Morgan fingerprint density at radius 2 is 1.81 bits per heavy atom. The molecule has 6 nitrogen and oxygen atoms in total. The normalized spacial score (nSPS) is 10.6. The second-order valence-corrected chi connectivity index (χ2v) is 4.72. The highest BCUT2D eigenvalue weighted by molar-refractivity contribution is 5.91. The maximum atomic E-state index is 5.49. The second-order valence-electron chi connectivity index (χ2n) is 4.72. The fourth-order valence-corrected chi connectivity index (χ4v) is 2.18. The molecule has 2 rings (SSSR count). The maximum Gasteiger partial charge on any atom is 0.162 e. The third kappa shape index (κ3) is 3.72. The molecule has 0 saturated heterocycles. The molecule has 0 spiro atoms. The summed E-state index contributed by atoms with van der Waals surface area (Å²) in [5.41, 5.74) is 6.31. The lowest BCUT2D eigenvalue weighted by Gasteiger charge is -2.12. The van der Waals surface area contributed by atoms with Crippen molar-refractivity contribution in [2.75, 3.05) is 32.6 Å². The van der Waals surface area contributed by atoms with Gasteiger partial charge in [0.2, 0.25) is 0 Å². The Bertz CT molecular complexity index is 589. The van der Waals surface area contributed by atoms with Crippen LogP contribution in [0.1, 0.15) is 19.3 Å². The molecular formula is C15H22N4O2. The molecule has 1 aromatic heterocycles. The van der Waals surface area contributed by atoms with Gasteiger partial charge in [0, 0.05) is 18.0 Å². The quantitative estimate of drug-likeness (QED) is 0.725. The fourth-order valence-electron chi connectivity index (χ4n) is 2.18. The van der Waals surface area contributed by atoms with Crippen LogP contribution in [0.3, 0.4) is 0 Å². The lowest BCUT2D eigenvalue weighted by Crippen LogP contribution is -2.06. The SMILES string of the molecule is COc1cc2ncnc(NCCCCCN)c2cc1OC. The number of hydrogen-bond donors (Lipinski definition) is 2. The highest BCUT2D eigenvalue weighted by atomic mass is 16.5. The average molecular weight is 290 g/mol. The number of hydrogen-bond acceptors (Lipinski definition) is 6. The number of nitrogens with zero attached hydrogens (tertiary/aromatic N) is 2. The molecule has 0 aliphatic rings. The van der Waals surface area contributed by atoms with Crippen molar-refractivity contribution in [3.8, 4) is 11.5 Å². The van der Waals surface area contributed by atoms with Gasteiger partial charge in [0.25, 0.3) is 0 Å². The summed E-state index contributed by atoms with van der Waals surface area (Å²) in [5, 5.41) is 4.27. The van der Waals surface area contributed by atoms with Gasteiger partial charge in [-0.2, -0.15) is 0 Å². The first kappa shape index (κ1) is 15.3. The van der Waals surface area contributed by atoms with Gasteiger partial charge in [0.1, 0.15) is 12.1 Å². The third-order valence-corrected chi connectivity index (χ3v) is 3.31. The number of nitrogens with two attached hydrogens (primary N) is 1. The van der Waals surface area contributed by atoms with Crippen LogP contribution in [0.25, 0.3) is 10.9 Å². The van der Waals surface area contributed by atoms with Gasteiger partial charge in [0.05, 0.1) is 19.7 Å². The zero-order chi connectivity index (χ0) is 15.1. The first-order valence-corrected chi connectivity index (χ1v) is 7.10. The number of nitrogens with one attached hydrogen (secondary N) is 1. The molecular weight excluding hydrogens is 268 g/mol. The number of rotatable bonds is 8. The van der Waals surface area contributed by atoms with E-state index in [-0.39, 0.29) is 0 Å². The molecule has 0 saturated carbocycles. The van der Waals surface area contributed by atoms with Gasteiger partial charge in [-0.25, -0.2) is 9.97 Å². The number of anilines is 1. The van der Waals surface area contributed by atoms with E-state index in [1.54, 1.807) is 20.5 Å². The summed E-state index contributed by atoms with van der Waals surface area (Å²) in [6.45, 7) is 1.61. The fraction of sp³-hybridized carbons (Fsp3) is 0.467. The minimum absolute atomic E-state index is 0.664. The van der Waals surface area contributed by atoms with Crippen molar-refractivity contribution >= 4 is 16.7 Å². The summed E-state index contributed by atoms with van der Waals surface area (Å²) < 4.78 is 10.6. The van der Waals surface area contributed by atoms with Gasteiger partial charge in [-0.3, -0.25) is 0 Å². The molecule has 0 aliphatic carbocycles. The minimum atomic E-state index is 0.664. The zero-order valence-electron chi connectivity index (χ0n) is 12.6. The van der Waals surface area contributed by atoms with Crippen LogP contribution < -0.4 is 20.5 Å². The molecule has 1 heterocycles. The molecule has 1 aromatic carbocycles. The second kappa shape index (κ2) is 7.64. The van der Waals surface area contributed by atoms with Gasteiger partial charge >= 0.3 is 0 Å². The minimum Gasteiger partial charge on any atom is -0.493 e. The van der Waals surface area contributed by atoms with E-state index in [0.29, 0.717) is 11.5 Å².